The lowest BCUT2D eigenvalue weighted by Crippen LogP contribution is -2.48. The second-order valence-corrected chi connectivity index (χ2v) is 7.55. The highest BCUT2D eigenvalue weighted by Crippen LogP contribution is 2.15. The number of aliphatic hydroxyl groups is 1. The minimum absolute atomic E-state index is 0.00886. The summed E-state index contributed by atoms with van der Waals surface area (Å²) in [6.45, 7) is 9.41. The largest absolute Gasteiger partial charge is 0.491 e. The third-order valence-corrected chi connectivity index (χ3v) is 5.27. The minimum Gasteiger partial charge on any atom is -0.491 e. The number of aryl methyl sites for hydroxylation is 1. The van der Waals surface area contributed by atoms with Crippen LogP contribution in [0.2, 0.25) is 0 Å². The van der Waals surface area contributed by atoms with Gasteiger partial charge in [0.2, 0.25) is 0 Å². The molecule has 1 unspecified atom stereocenters. The number of carbonyl (C=O) groups is 1. The van der Waals surface area contributed by atoms with Crippen molar-refractivity contribution in [3.05, 3.63) is 65.2 Å². The lowest BCUT2D eigenvalue weighted by Gasteiger charge is -2.35. The highest BCUT2D eigenvalue weighted by atomic mass is 16.5. The second-order valence-electron chi connectivity index (χ2n) is 7.55. The van der Waals surface area contributed by atoms with E-state index in [1.807, 2.05) is 6.07 Å². The van der Waals surface area contributed by atoms with E-state index in [-0.39, 0.29) is 12.4 Å². The molecule has 1 fully saturated rings. The molecular formula is C23H30N2O3. The molecule has 0 saturated carbocycles. The van der Waals surface area contributed by atoms with Crippen LogP contribution in [0.1, 0.15) is 28.4 Å². The third kappa shape index (κ3) is 5.89. The number of Topliss-reactive ketones (excluding diaryl/α,β-unsaturated/α-hetero) is 1. The number of carbonyl (C=O) groups excluding carboxylic acids is 1. The van der Waals surface area contributed by atoms with Crippen LogP contribution in [0.4, 0.5) is 0 Å². The number of nitrogens with zero attached hydrogens (tertiary/aromatic N) is 2. The van der Waals surface area contributed by atoms with Crippen molar-refractivity contribution in [2.45, 2.75) is 26.5 Å². The quantitative estimate of drug-likeness (QED) is 0.712. The number of rotatable bonds is 8. The molecule has 1 saturated heterocycles. The van der Waals surface area contributed by atoms with Crippen molar-refractivity contribution in [3.8, 4) is 5.75 Å². The Labute approximate surface area is 167 Å². The Bertz CT molecular complexity index is 785. The van der Waals surface area contributed by atoms with Crippen LogP contribution in [0.5, 0.6) is 5.75 Å². The Morgan fingerprint density at radius 3 is 2.50 bits per heavy atom. The number of ether oxygens (including phenoxy) is 1. The van der Waals surface area contributed by atoms with Crippen LogP contribution in [-0.2, 0) is 6.54 Å². The van der Waals surface area contributed by atoms with Crippen LogP contribution in [-0.4, -0.2) is 66.1 Å². The average molecular weight is 383 g/mol. The van der Waals surface area contributed by atoms with E-state index in [1.165, 1.54) is 18.1 Å². The zero-order valence-electron chi connectivity index (χ0n) is 16.8. The van der Waals surface area contributed by atoms with E-state index in [1.54, 1.807) is 18.2 Å². The van der Waals surface area contributed by atoms with Crippen LogP contribution in [0.15, 0.2) is 48.5 Å². The van der Waals surface area contributed by atoms with Crippen molar-refractivity contribution in [2.24, 2.45) is 0 Å². The first-order valence-electron chi connectivity index (χ1n) is 9.92. The fourth-order valence-electron chi connectivity index (χ4n) is 3.51. The zero-order valence-corrected chi connectivity index (χ0v) is 16.8. The molecule has 1 aliphatic rings. The lowest BCUT2D eigenvalue weighted by molar-refractivity contribution is 0.0446. The van der Waals surface area contributed by atoms with Crippen molar-refractivity contribution >= 4 is 5.78 Å². The summed E-state index contributed by atoms with van der Waals surface area (Å²) in [7, 11) is 0. The van der Waals surface area contributed by atoms with Gasteiger partial charge in [-0.3, -0.25) is 14.6 Å². The summed E-state index contributed by atoms with van der Waals surface area (Å²) < 4.78 is 5.67. The van der Waals surface area contributed by atoms with Gasteiger partial charge in [-0.25, -0.2) is 0 Å². The Morgan fingerprint density at radius 1 is 1.07 bits per heavy atom. The van der Waals surface area contributed by atoms with Crippen molar-refractivity contribution in [1.82, 2.24) is 9.80 Å². The standard InChI is InChI=1S/C23H30N2O3/c1-18-6-3-4-7-21(18)15-24-10-12-25(13-11-24)16-22(27)17-28-23-9-5-8-20(14-23)19(2)26/h3-9,14,22,27H,10-13,15-17H2,1-2H3. The van der Waals surface area contributed by atoms with Crippen LogP contribution in [0.25, 0.3) is 0 Å². The molecule has 0 bridgehead atoms. The van der Waals surface area contributed by atoms with E-state index in [9.17, 15) is 9.90 Å². The van der Waals surface area contributed by atoms with Gasteiger partial charge in [-0.05, 0) is 37.1 Å². The van der Waals surface area contributed by atoms with Gasteiger partial charge in [-0.2, -0.15) is 0 Å². The fourth-order valence-corrected chi connectivity index (χ4v) is 3.51. The number of ketones is 1. The first-order valence-corrected chi connectivity index (χ1v) is 9.92. The molecule has 1 atom stereocenters. The molecule has 2 aromatic rings. The van der Waals surface area contributed by atoms with E-state index in [0.29, 0.717) is 17.9 Å². The zero-order chi connectivity index (χ0) is 19.9. The van der Waals surface area contributed by atoms with Gasteiger partial charge in [0.05, 0.1) is 0 Å². The van der Waals surface area contributed by atoms with Crippen LogP contribution in [0.3, 0.4) is 0 Å². The van der Waals surface area contributed by atoms with Gasteiger partial charge < -0.3 is 9.84 Å². The van der Waals surface area contributed by atoms with Gasteiger partial charge >= 0.3 is 0 Å². The molecule has 0 aliphatic carbocycles. The molecule has 150 valence electrons. The van der Waals surface area contributed by atoms with Gasteiger partial charge in [-0.15, -0.1) is 0 Å². The number of aliphatic hydroxyl groups excluding tert-OH is 1. The van der Waals surface area contributed by atoms with Gasteiger partial charge in [0, 0.05) is 44.8 Å². The normalized spacial score (nSPS) is 16.7. The Hall–Kier alpha value is -2.21. The second kappa shape index (κ2) is 9.82. The van der Waals surface area contributed by atoms with Crippen molar-refractivity contribution in [1.29, 1.82) is 0 Å². The van der Waals surface area contributed by atoms with Crippen LogP contribution < -0.4 is 4.74 Å². The molecule has 0 radical (unpaired) electrons. The maximum atomic E-state index is 11.4. The molecule has 3 rings (SSSR count). The fraction of sp³-hybridized carbons (Fsp3) is 0.435. The summed E-state index contributed by atoms with van der Waals surface area (Å²) >= 11 is 0. The Balaban J connectivity index is 1.40. The molecule has 1 heterocycles. The lowest BCUT2D eigenvalue weighted by atomic mass is 10.1. The van der Waals surface area contributed by atoms with Crippen LogP contribution >= 0.6 is 0 Å². The summed E-state index contributed by atoms with van der Waals surface area (Å²) in [5.41, 5.74) is 3.35. The maximum absolute atomic E-state index is 11.4. The van der Waals surface area contributed by atoms with Gasteiger partial charge in [-0.1, -0.05) is 36.4 Å². The van der Waals surface area contributed by atoms with E-state index >= 15 is 0 Å². The van der Waals surface area contributed by atoms with E-state index in [0.717, 1.165) is 32.7 Å². The predicted molar refractivity (Wildman–Crippen MR) is 111 cm³/mol. The molecule has 1 N–H and O–H groups in total. The van der Waals surface area contributed by atoms with E-state index in [4.69, 9.17) is 4.74 Å². The first kappa shape index (κ1) is 20.5. The third-order valence-electron chi connectivity index (χ3n) is 5.27. The molecule has 0 spiro atoms. The highest BCUT2D eigenvalue weighted by molar-refractivity contribution is 5.94. The SMILES string of the molecule is CC(=O)c1cccc(OCC(O)CN2CCN(Cc3ccccc3C)CC2)c1. The Kier molecular flexibility index (Phi) is 7.20. The van der Waals surface area contributed by atoms with Gasteiger partial charge in [0.25, 0.3) is 0 Å². The smallest absolute Gasteiger partial charge is 0.159 e. The summed E-state index contributed by atoms with van der Waals surface area (Å²) in [6.07, 6.45) is -0.552. The van der Waals surface area contributed by atoms with Crippen LogP contribution in [0, 0.1) is 6.92 Å². The van der Waals surface area contributed by atoms with E-state index < -0.39 is 6.10 Å². The molecular weight excluding hydrogens is 352 g/mol. The summed E-state index contributed by atoms with van der Waals surface area (Å²) in [4.78, 5) is 16.2. The molecule has 2 aromatic carbocycles. The minimum atomic E-state index is -0.552. The van der Waals surface area contributed by atoms with Gasteiger partial charge in [0.1, 0.15) is 18.5 Å². The van der Waals surface area contributed by atoms with Crippen molar-refractivity contribution < 1.29 is 14.6 Å². The molecule has 5 nitrogen and oxygen atoms in total. The number of β-amino-alcohol motifs (C(OH)–C–C–N with tert-alkyl or cyclic N) is 1. The molecule has 28 heavy (non-hydrogen) atoms. The number of hydrogen-bond donors (Lipinski definition) is 1. The summed E-state index contributed by atoms with van der Waals surface area (Å²) in [5, 5.41) is 10.3. The predicted octanol–water partition coefficient (Wildman–Crippen LogP) is 2.76. The topological polar surface area (TPSA) is 53.0 Å². The molecule has 0 amide bonds. The Morgan fingerprint density at radius 2 is 1.79 bits per heavy atom. The maximum Gasteiger partial charge on any atom is 0.159 e. The first-order chi connectivity index (χ1) is 13.5. The number of benzene rings is 2. The highest BCUT2D eigenvalue weighted by Gasteiger charge is 2.20. The van der Waals surface area contributed by atoms with Gasteiger partial charge in [0.15, 0.2) is 5.78 Å². The van der Waals surface area contributed by atoms with E-state index in [2.05, 4.69) is 41.0 Å². The molecule has 1 aliphatic heterocycles. The molecule has 0 aromatic heterocycles. The number of piperazine rings is 1. The number of hydrogen-bond acceptors (Lipinski definition) is 5. The summed E-state index contributed by atoms with van der Waals surface area (Å²) in [6, 6.07) is 15.6. The summed E-state index contributed by atoms with van der Waals surface area (Å²) in [5.74, 6) is 0.629. The van der Waals surface area contributed by atoms with Crippen molar-refractivity contribution in [2.75, 3.05) is 39.3 Å². The molecule has 5 heteroatoms. The monoisotopic (exact) mass is 382 g/mol. The average Bonchev–Trinajstić information content (AvgIpc) is 2.70. The van der Waals surface area contributed by atoms with Crippen molar-refractivity contribution in [3.63, 3.8) is 0 Å².